The fourth-order valence-corrected chi connectivity index (χ4v) is 3.55. The molecule has 0 radical (unpaired) electrons. The molecule has 0 saturated carbocycles. The zero-order chi connectivity index (χ0) is 25.2. The summed E-state index contributed by atoms with van der Waals surface area (Å²) in [6.45, 7) is 0. The van der Waals surface area contributed by atoms with Crippen LogP contribution in [0.2, 0.25) is 0 Å². The molecular weight excluding hydrogens is 582 g/mol. The van der Waals surface area contributed by atoms with E-state index < -0.39 is 16.7 Å². The summed E-state index contributed by atoms with van der Waals surface area (Å²) in [5, 5.41) is 18.7. The van der Waals surface area contributed by atoms with Crippen molar-refractivity contribution in [3.63, 3.8) is 0 Å². The Kier molecular flexibility index (Phi) is 9.16. The lowest BCUT2D eigenvalue weighted by Crippen LogP contribution is -2.30. The van der Waals surface area contributed by atoms with Crippen molar-refractivity contribution in [1.82, 2.24) is 10.9 Å². The molecule has 0 aliphatic heterocycles. The summed E-state index contributed by atoms with van der Waals surface area (Å²) >= 11 is 6.70. The predicted molar refractivity (Wildman–Crippen MR) is 141 cm³/mol. The van der Waals surface area contributed by atoms with Crippen LogP contribution in [-0.4, -0.2) is 29.2 Å². The molecule has 11 heteroatoms. The maximum Gasteiger partial charge on any atom is 0.277 e. The Labute approximate surface area is 217 Å². The van der Waals surface area contributed by atoms with E-state index in [0.29, 0.717) is 5.56 Å². The Hall–Kier alpha value is -3.96. The third-order valence-electron chi connectivity index (χ3n) is 4.36. The molecule has 0 aliphatic rings. The number of carbonyl (C=O) groups excluding carboxylic acids is 2. The minimum absolute atomic E-state index is 0.116. The number of hydrogen-bond donors (Lipinski definition) is 2. The van der Waals surface area contributed by atoms with E-state index in [1.165, 1.54) is 42.8 Å². The number of hydrogen-bond acceptors (Lipinski definition) is 6. The van der Waals surface area contributed by atoms with E-state index in [-0.39, 0.29) is 11.3 Å². The quantitative estimate of drug-likeness (QED) is 0.0964. The first-order chi connectivity index (χ1) is 16.8. The number of hydrazone groups is 2. The van der Waals surface area contributed by atoms with Gasteiger partial charge in [0.2, 0.25) is 0 Å². The summed E-state index contributed by atoms with van der Waals surface area (Å²) in [6, 6.07) is 19.9. The van der Waals surface area contributed by atoms with Gasteiger partial charge in [0.05, 0.1) is 17.4 Å². The summed E-state index contributed by atoms with van der Waals surface area (Å²) < 4.78 is 1.68. The number of nitrogens with one attached hydrogen (secondary N) is 2. The lowest BCUT2D eigenvalue weighted by molar-refractivity contribution is -0.384. The molecule has 0 saturated heterocycles. The maximum absolute atomic E-state index is 12.8. The number of benzene rings is 3. The minimum atomic E-state index is -0.787. The van der Waals surface area contributed by atoms with Gasteiger partial charge in [-0.05, 0) is 59.2 Å². The Bertz CT molecular complexity index is 1270. The predicted octanol–water partition coefficient (Wildman–Crippen LogP) is 4.80. The van der Waals surface area contributed by atoms with Crippen molar-refractivity contribution in [3.8, 4) is 0 Å². The molecule has 176 valence electrons. The van der Waals surface area contributed by atoms with Crippen molar-refractivity contribution < 1.29 is 14.5 Å². The number of nitro benzene ring substituents is 1. The second kappa shape index (κ2) is 12.5. The highest BCUT2D eigenvalue weighted by Gasteiger charge is 2.18. The Balaban J connectivity index is 1.80. The molecule has 0 atom stereocenters. The molecule has 2 amide bonds. The van der Waals surface area contributed by atoms with Gasteiger partial charge in [-0.15, -0.1) is 0 Å². The number of halogens is 2. The first-order valence-corrected chi connectivity index (χ1v) is 11.5. The van der Waals surface area contributed by atoms with E-state index in [4.69, 9.17) is 0 Å². The van der Waals surface area contributed by atoms with E-state index in [0.717, 1.165) is 20.1 Å². The smallest absolute Gasteiger partial charge is 0.267 e. The number of carbonyl (C=O) groups is 2. The molecule has 35 heavy (non-hydrogen) atoms. The van der Waals surface area contributed by atoms with Crippen LogP contribution in [0, 0.1) is 10.1 Å². The van der Waals surface area contributed by atoms with E-state index in [9.17, 15) is 19.7 Å². The van der Waals surface area contributed by atoms with Gasteiger partial charge in [0.1, 0.15) is 5.57 Å². The van der Waals surface area contributed by atoms with Crippen LogP contribution in [0.4, 0.5) is 5.69 Å². The normalized spacial score (nSPS) is 10.8. The van der Waals surface area contributed by atoms with Crippen LogP contribution in [0.5, 0.6) is 0 Å². The average molecular weight is 599 g/mol. The van der Waals surface area contributed by atoms with Gasteiger partial charge in [-0.1, -0.05) is 56.1 Å². The van der Waals surface area contributed by atoms with Gasteiger partial charge < -0.3 is 0 Å². The van der Waals surface area contributed by atoms with E-state index in [1.54, 1.807) is 24.3 Å². The third-order valence-corrected chi connectivity index (χ3v) is 5.35. The summed E-state index contributed by atoms with van der Waals surface area (Å²) in [5.41, 5.74) is 6.08. The molecule has 2 N–H and O–H groups in total. The van der Waals surface area contributed by atoms with Crippen molar-refractivity contribution in [1.29, 1.82) is 0 Å². The molecule has 0 aliphatic carbocycles. The third kappa shape index (κ3) is 8.09. The van der Waals surface area contributed by atoms with Crippen molar-refractivity contribution in [3.05, 3.63) is 114 Å². The van der Waals surface area contributed by atoms with Gasteiger partial charge >= 0.3 is 0 Å². The SMILES string of the molecule is O=C(N/N=C\c1cccc(Br)c1)C(=Cc1ccc([N+](=O)[O-])cc1)C(=O)N/N=C\c1cccc(Br)c1. The highest BCUT2D eigenvalue weighted by Crippen LogP contribution is 2.15. The largest absolute Gasteiger partial charge is 0.277 e. The van der Waals surface area contributed by atoms with Crippen LogP contribution in [0.25, 0.3) is 6.08 Å². The number of amides is 2. The van der Waals surface area contributed by atoms with Crippen molar-refractivity contribution in [2.75, 3.05) is 0 Å². The lowest BCUT2D eigenvalue weighted by atomic mass is 10.1. The average Bonchev–Trinajstić information content (AvgIpc) is 2.83. The molecule has 9 nitrogen and oxygen atoms in total. The second-order valence-electron chi connectivity index (χ2n) is 6.91. The van der Waals surface area contributed by atoms with Crippen LogP contribution >= 0.6 is 31.9 Å². The van der Waals surface area contributed by atoms with E-state index >= 15 is 0 Å². The van der Waals surface area contributed by atoms with Crippen molar-refractivity contribution >= 4 is 67.9 Å². The van der Waals surface area contributed by atoms with Crippen molar-refractivity contribution in [2.24, 2.45) is 10.2 Å². The molecule has 0 heterocycles. The fourth-order valence-electron chi connectivity index (χ4n) is 2.72. The van der Waals surface area contributed by atoms with Crippen LogP contribution in [-0.2, 0) is 9.59 Å². The molecule has 3 rings (SSSR count). The Morgan fingerprint density at radius 1 is 0.771 bits per heavy atom. The van der Waals surface area contributed by atoms with E-state index in [1.807, 2.05) is 24.3 Å². The first-order valence-electron chi connectivity index (χ1n) is 9.96. The molecule has 0 spiro atoms. The molecule has 3 aromatic rings. The first kappa shape index (κ1) is 25.7. The zero-order valence-electron chi connectivity index (χ0n) is 17.9. The summed E-state index contributed by atoms with van der Waals surface area (Å²) in [7, 11) is 0. The topological polar surface area (TPSA) is 126 Å². The molecule has 0 bridgehead atoms. The molecular formula is C24H17Br2N5O4. The minimum Gasteiger partial charge on any atom is -0.267 e. The molecule has 0 unspecified atom stereocenters. The van der Waals surface area contributed by atoms with Crippen LogP contribution < -0.4 is 10.9 Å². The monoisotopic (exact) mass is 597 g/mol. The molecule has 0 fully saturated rings. The van der Waals surface area contributed by atoms with Crippen LogP contribution in [0.1, 0.15) is 16.7 Å². The van der Waals surface area contributed by atoms with E-state index in [2.05, 4.69) is 52.9 Å². The number of nitrogens with zero attached hydrogens (tertiary/aromatic N) is 3. The van der Waals surface area contributed by atoms with Gasteiger partial charge in [0, 0.05) is 21.1 Å². The van der Waals surface area contributed by atoms with Gasteiger partial charge in [-0.3, -0.25) is 19.7 Å². The highest BCUT2D eigenvalue weighted by atomic mass is 79.9. The standard InChI is InChI=1S/C24H17Br2N5O4/c25-19-5-1-3-17(11-19)14-27-29-23(32)22(13-16-7-9-21(10-8-16)31(34)35)24(33)30-28-15-18-4-2-6-20(26)12-18/h1-15H,(H,29,32)(H,30,33)/b27-14-,28-15-. The maximum atomic E-state index is 12.8. The number of rotatable bonds is 8. The zero-order valence-corrected chi connectivity index (χ0v) is 21.1. The van der Waals surface area contributed by atoms with Crippen molar-refractivity contribution in [2.45, 2.75) is 0 Å². The van der Waals surface area contributed by atoms with Gasteiger partial charge in [-0.2, -0.15) is 10.2 Å². The van der Waals surface area contributed by atoms with Gasteiger partial charge in [-0.25, -0.2) is 10.9 Å². The number of non-ortho nitro benzene ring substituents is 1. The van der Waals surface area contributed by atoms with Crippen LogP contribution in [0.15, 0.2) is 97.5 Å². The molecule has 3 aromatic carbocycles. The summed E-state index contributed by atoms with van der Waals surface area (Å²) in [6.07, 6.45) is 4.14. The lowest BCUT2D eigenvalue weighted by Gasteiger charge is -2.05. The second-order valence-corrected chi connectivity index (χ2v) is 8.75. The Morgan fingerprint density at radius 2 is 1.26 bits per heavy atom. The number of nitro groups is 1. The molecule has 0 aromatic heterocycles. The summed E-state index contributed by atoms with van der Waals surface area (Å²) in [4.78, 5) is 35.9. The van der Waals surface area contributed by atoms with Crippen LogP contribution in [0.3, 0.4) is 0 Å². The van der Waals surface area contributed by atoms with Gasteiger partial charge in [0.15, 0.2) is 0 Å². The Morgan fingerprint density at radius 3 is 1.69 bits per heavy atom. The fraction of sp³-hybridized carbons (Fsp3) is 0. The summed E-state index contributed by atoms with van der Waals surface area (Å²) in [5.74, 6) is -1.57. The highest BCUT2D eigenvalue weighted by molar-refractivity contribution is 9.10. The van der Waals surface area contributed by atoms with Gasteiger partial charge in [0.25, 0.3) is 17.5 Å².